The van der Waals surface area contributed by atoms with Crippen LogP contribution in [0.15, 0.2) is 4.52 Å². The van der Waals surface area contributed by atoms with Gasteiger partial charge in [0.05, 0.1) is 6.04 Å². The maximum atomic E-state index is 6.14. The maximum Gasteiger partial charge on any atom is 0.229 e. The van der Waals surface area contributed by atoms with Gasteiger partial charge < -0.3 is 15.2 Å². The Balaban J connectivity index is 1.95. The average molecular weight is 252 g/mol. The van der Waals surface area contributed by atoms with E-state index in [4.69, 9.17) is 10.3 Å². The molecule has 1 atom stereocenters. The summed E-state index contributed by atoms with van der Waals surface area (Å²) in [5, 5.41) is 4.04. The number of hydrogen-bond acceptors (Lipinski definition) is 5. The van der Waals surface area contributed by atoms with Crippen LogP contribution in [0.5, 0.6) is 0 Å². The van der Waals surface area contributed by atoms with E-state index in [9.17, 15) is 0 Å². The number of rotatable bonds is 6. The Kier molecular flexibility index (Phi) is 4.72. The van der Waals surface area contributed by atoms with Crippen molar-refractivity contribution in [1.82, 2.24) is 15.0 Å². The molecule has 5 heteroatoms. The summed E-state index contributed by atoms with van der Waals surface area (Å²) in [6, 6.07) is -0.130. The van der Waals surface area contributed by atoms with E-state index in [-0.39, 0.29) is 6.04 Å². The van der Waals surface area contributed by atoms with Crippen molar-refractivity contribution < 1.29 is 4.52 Å². The third-order valence-electron chi connectivity index (χ3n) is 3.78. The van der Waals surface area contributed by atoms with Crippen LogP contribution in [0, 0.1) is 0 Å². The van der Waals surface area contributed by atoms with Gasteiger partial charge in [-0.15, -0.1) is 0 Å². The standard InChI is InChI=1S/C13H24N4O/c1-3-10(4-2)13-15-12(16-18-13)11(14)9-17-7-5-6-8-17/h10-11H,3-9,14H2,1-2H3. The molecule has 102 valence electrons. The van der Waals surface area contributed by atoms with Crippen LogP contribution in [0.2, 0.25) is 0 Å². The van der Waals surface area contributed by atoms with Gasteiger partial charge in [-0.25, -0.2) is 0 Å². The molecule has 2 N–H and O–H groups in total. The van der Waals surface area contributed by atoms with Crippen molar-refractivity contribution in [2.45, 2.75) is 51.5 Å². The molecule has 2 heterocycles. The van der Waals surface area contributed by atoms with Gasteiger partial charge in [0, 0.05) is 12.5 Å². The Bertz CT molecular complexity index is 356. The summed E-state index contributed by atoms with van der Waals surface area (Å²) >= 11 is 0. The molecule has 1 fully saturated rings. The molecule has 0 saturated carbocycles. The first-order chi connectivity index (χ1) is 8.74. The minimum Gasteiger partial charge on any atom is -0.339 e. The van der Waals surface area contributed by atoms with Crippen molar-refractivity contribution in [1.29, 1.82) is 0 Å². The maximum absolute atomic E-state index is 6.14. The average Bonchev–Trinajstić information content (AvgIpc) is 3.01. The van der Waals surface area contributed by atoms with Crippen LogP contribution in [-0.4, -0.2) is 34.7 Å². The summed E-state index contributed by atoms with van der Waals surface area (Å²) < 4.78 is 5.33. The molecule has 0 amide bonds. The summed E-state index contributed by atoms with van der Waals surface area (Å²) in [7, 11) is 0. The molecule has 1 aromatic heterocycles. The predicted molar refractivity (Wildman–Crippen MR) is 70.2 cm³/mol. The lowest BCUT2D eigenvalue weighted by Gasteiger charge is -2.17. The normalized spacial score (nSPS) is 18.7. The summed E-state index contributed by atoms with van der Waals surface area (Å²) in [5.41, 5.74) is 6.14. The van der Waals surface area contributed by atoms with E-state index in [1.54, 1.807) is 0 Å². The highest BCUT2D eigenvalue weighted by Gasteiger charge is 2.22. The third kappa shape index (κ3) is 3.09. The fraction of sp³-hybridized carbons (Fsp3) is 0.846. The van der Waals surface area contributed by atoms with E-state index in [2.05, 4.69) is 28.9 Å². The van der Waals surface area contributed by atoms with Crippen LogP contribution in [-0.2, 0) is 0 Å². The summed E-state index contributed by atoms with van der Waals surface area (Å²) in [4.78, 5) is 6.84. The highest BCUT2D eigenvalue weighted by molar-refractivity contribution is 4.98. The molecule has 0 radical (unpaired) electrons. The zero-order valence-corrected chi connectivity index (χ0v) is 11.4. The predicted octanol–water partition coefficient (Wildman–Crippen LogP) is 2.07. The Labute approximate surface area is 109 Å². The van der Waals surface area contributed by atoms with Gasteiger partial charge in [0.1, 0.15) is 0 Å². The van der Waals surface area contributed by atoms with Gasteiger partial charge in [-0.05, 0) is 38.8 Å². The molecule has 0 spiro atoms. The van der Waals surface area contributed by atoms with E-state index in [1.165, 1.54) is 12.8 Å². The molecule has 1 unspecified atom stereocenters. The Hall–Kier alpha value is -0.940. The highest BCUT2D eigenvalue weighted by atomic mass is 16.5. The second-order valence-electron chi connectivity index (χ2n) is 5.12. The van der Waals surface area contributed by atoms with Crippen molar-refractivity contribution in [3.8, 4) is 0 Å². The number of likely N-dealkylation sites (tertiary alicyclic amines) is 1. The van der Waals surface area contributed by atoms with Gasteiger partial charge in [-0.2, -0.15) is 4.98 Å². The highest BCUT2D eigenvalue weighted by Crippen LogP contribution is 2.22. The lowest BCUT2D eigenvalue weighted by molar-refractivity contribution is 0.303. The van der Waals surface area contributed by atoms with Crippen LogP contribution in [0.25, 0.3) is 0 Å². The van der Waals surface area contributed by atoms with Gasteiger partial charge >= 0.3 is 0 Å². The fourth-order valence-corrected chi connectivity index (χ4v) is 2.53. The van der Waals surface area contributed by atoms with Crippen molar-refractivity contribution in [3.63, 3.8) is 0 Å². The SMILES string of the molecule is CCC(CC)c1nc(C(N)CN2CCCC2)no1. The molecule has 1 aliphatic rings. The minimum atomic E-state index is -0.130. The first-order valence-electron chi connectivity index (χ1n) is 7.06. The quantitative estimate of drug-likeness (QED) is 0.839. The number of nitrogens with zero attached hydrogens (tertiary/aromatic N) is 3. The molecule has 1 aromatic rings. The minimum absolute atomic E-state index is 0.130. The first kappa shape index (κ1) is 13.5. The Morgan fingerprint density at radius 2 is 1.94 bits per heavy atom. The van der Waals surface area contributed by atoms with Crippen LogP contribution < -0.4 is 5.73 Å². The molecular weight excluding hydrogens is 228 g/mol. The summed E-state index contributed by atoms with van der Waals surface area (Å²) in [5.74, 6) is 1.76. The molecule has 0 aromatic carbocycles. The number of nitrogens with two attached hydrogens (primary N) is 1. The lowest BCUT2D eigenvalue weighted by Crippen LogP contribution is -2.30. The van der Waals surface area contributed by atoms with Crippen LogP contribution in [0.3, 0.4) is 0 Å². The van der Waals surface area contributed by atoms with Crippen LogP contribution in [0.1, 0.15) is 63.2 Å². The molecule has 18 heavy (non-hydrogen) atoms. The molecule has 0 bridgehead atoms. The van der Waals surface area contributed by atoms with Crippen molar-refractivity contribution >= 4 is 0 Å². The van der Waals surface area contributed by atoms with Crippen molar-refractivity contribution in [2.75, 3.05) is 19.6 Å². The van der Waals surface area contributed by atoms with E-state index in [0.717, 1.165) is 38.4 Å². The van der Waals surface area contributed by atoms with E-state index in [0.29, 0.717) is 11.7 Å². The molecule has 1 saturated heterocycles. The molecule has 1 aliphatic heterocycles. The lowest BCUT2D eigenvalue weighted by atomic mass is 10.0. The van der Waals surface area contributed by atoms with Gasteiger partial charge in [0.2, 0.25) is 5.89 Å². The zero-order valence-electron chi connectivity index (χ0n) is 11.4. The molecule has 2 rings (SSSR count). The van der Waals surface area contributed by atoms with E-state index < -0.39 is 0 Å². The van der Waals surface area contributed by atoms with Gasteiger partial charge in [0.15, 0.2) is 5.82 Å². The van der Waals surface area contributed by atoms with E-state index in [1.807, 2.05) is 0 Å². The Morgan fingerprint density at radius 3 is 2.56 bits per heavy atom. The van der Waals surface area contributed by atoms with Crippen LogP contribution in [0.4, 0.5) is 0 Å². The van der Waals surface area contributed by atoms with Gasteiger partial charge in [-0.3, -0.25) is 0 Å². The second kappa shape index (κ2) is 6.29. The number of hydrogen-bond donors (Lipinski definition) is 1. The summed E-state index contributed by atoms with van der Waals surface area (Å²) in [6.45, 7) is 7.40. The monoisotopic (exact) mass is 252 g/mol. The smallest absolute Gasteiger partial charge is 0.229 e. The van der Waals surface area contributed by atoms with Crippen molar-refractivity contribution in [2.24, 2.45) is 5.73 Å². The molecule has 0 aliphatic carbocycles. The Morgan fingerprint density at radius 1 is 1.28 bits per heavy atom. The van der Waals surface area contributed by atoms with Crippen LogP contribution >= 0.6 is 0 Å². The topological polar surface area (TPSA) is 68.2 Å². The van der Waals surface area contributed by atoms with Gasteiger partial charge in [-0.1, -0.05) is 19.0 Å². The molecule has 5 nitrogen and oxygen atoms in total. The first-order valence-corrected chi connectivity index (χ1v) is 7.06. The van der Waals surface area contributed by atoms with Gasteiger partial charge in [0.25, 0.3) is 0 Å². The summed E-state index contributed by atoms with van der Waals surface area (Å²) in [6.07, 6.45) is 4.61. The second-order valence-corrected chi connectivity index (χ2v) is 5.12. The largest absolute Gasteiger partial charge is 0.339 e. The fourth-order valence-electron chi connectivity index (χ4n) is 2.53. The van der Waals surface area contributed by atoms with E-state index >= 15 is 0 Å². The van der Waals surface area contributed by atoms with Crippen molar-refractivity contribution in [3.05, 3.63) is 11.7 Å². The zero-order chi connectivity index (χ0) is 13.0. The number of aromatic nitrogens is 2. The third-order valence-corrected chi connectivity index (χ3v) is 3.78. The molecular formula is C13H24N4O.